The second kappa shape index (κ2) is 10.6. The van der Waals surface area contributed by atoms with Crippen LogP contribution in [0.5, 0.6) is 0 Å². The summed E-state index contributed by atoms with van der Waals surface area (Å²) in [6.07, 6.45) is -4.12. The highest BCUT2D eigenvalue weighted by Gasteiger charge is 2.31. The molecule has 3 heterocycles. The van der Waals surface area contributed by atoms with E-state index >= 15 is 4.39 Å². The number of anilines is 3. The topological polar surface area (TPSA) is 82.5 Å². The summed E-state index contributed by atoms with van der Waals surface area (Å²) < 4.78 is 55.8. The SMILES string of the molecule is CCc1c(N2CCNCC2)c(=O)c2nc(N(C)C)c(F)cc2n1CC(=O)Nc1ccc(C(F)(F)F)cc1C. The molecule has 0 unspecified atom stereocenters. The van der Waals surface area contributed by atoms with Gasteiger partial charge in [-0.05, 0) is 37.1 Å². The molecule has 2 N–H and O–H groups in total. The molecule has 4 rings (SSSR count). The highest BCUT2D eigenvalue weighted by molar-refractivity contribution is 5.93. The van der Waals surface area contributed by atoms with Gasteiger partial charge < -0.3 is 25.0 Å². The molecule has 0 radical (unpaired) electrons. The minimum absolute atomic E-state index is 0.00138. The zero-order valence-corrected chi connectivity index (χ0v) is 21.7. The summed E-state index contributed by atoms with van der Waals surface area (Å²) in [6, 6.07) is 4.28. The molecule has 8 nitrogen and oxygen atoms in total. The molecule has 1 fully saturated rings. The Morgan fingerprint density at radius 2 is 1.87 bits per heavy atom. The van der Waals surface area contributed by atoms with Crippen molar-refractivity contribution in [3.8, 4) is 0 Å². The van der Waals surface area contributed by atoms with Crippen molar-refractivity contribution < 1.29 is 22.4 Å². The number of amides is 1. The molecule has 1 amide bonds. The van der Waals surface area contributed by atoms with Crippen molar-refractivity contribution in [1.82, 2.24) is 14.9 Å². The fourth-order valence-electron chi connectivity index (χ4n) is 4.74. The number of aromatic nitrogens is 2. The van der Waals surface area contributed by atoms with Crippen LogP contribution < -0.4 is 25.9 Å². The minimum Gasteiger partial charge on any atom is -0.364 e. The third-order valence-electron chi connectivity index (χ3n) is 6.58. The van der Waals surface area contributed by atoms with E-state index in [1.54, 1.807) is 18.7 Å². The quantitative estimate of drug-likeness (QED) is 0.471. The second-order valence-electron chi connectivity index (χ2n) is 9.43. The predicted octanol–water partition coefficient (Wildman–Crippen LogP) is 3.54. The first-order valence-corrected chi connectivity index (χ1v) is 12.3. The summed E-state index contributed by atoms with van der Waals surface area (Å²) in [6.45, 7) is 5.53. The Morgan fingerprint density at radius 1 is 1.18 bits per heavy atom. The Balaban J connectivity index is 1.82. The van der Waals surface area contributed by atoms with E-state index < -0.39 is 23.5 Å². The number of hydrogen-bond donors (Lipinski definition) is 2. The van der Waals surface area contributed by atoms with Gasteiger partial charge in [0.25, 0.3) is 0 Å². The first-order valence-electron chi connectivity index (χ1n) is 12.3. The number of fused-ring (bicyclic) bond motifs is 1. The highest BCUT2D eigenvalue weighted by atomic mass is 19.4. The van der Waals surface area contributed by atoms with Crippen molar-refractivity contribution in [2.24, 2.45) is 0 Å². The molecule has 0 aliphatic carbocycles. The van der Waals surface area contributed by atoms with Gasteiger partial charge in [0.2, 0.25) is 11.3 Å². The smallest absolute Gasteiger partial charge is 0.364 e. The molecule has 3 aromatic rings. The molecule has 38 heavy (non-hydrogen) atoms. The molecule has 0 spiro atoms. The predicted molar refractivity (Wildman–Crippen MR) is 140 cm³/mol. The maximum absolute atomic E-state index is 15.0. The van der Waals surface area contributed by atoms with E-state index in [-0.39, 0.29) is 40.1 Å². The Bertz CT molecular complexity index is 1430. The number of rotatable bonds is 6. The number of alkyl halides is 3. The van der Waals surface area contributed by atoms with Crippen LogP contribution in [0.1, 0.15) is 23.7 Å². The number of piperazine rings is 1. The molecule has 0 atom stereocenters. The van der Waals surface area contributed by atoms with Gasteiger partial charge in [-0.15, -0.1) is 0 Å². The van der Waals surface area contributed by atoms with Gasteiger partial charge in [0, 0.05) is 57.7 Å². The molecule has 1 aromatic carbocycles. The molecular weight excluding hydrogens is 504 g/mol. The van der Waals surface area contributed by atoms with E-state index in [4.69, 9.17) is 0 Å². The van der Waals surface area contributed by atoms with Crippen molar-refractivity contribution in [1.29, 1.82) is 0 Å². The number of pyridine rings is 2. The van der Waals surface area contributed by atoms with Crippen LogP contribution in [-0.4, -0.2) is 55.7 Å². The Kier molecular flexibility index (Phi) is 7.63. The second-order valence-corrected chi connectivity index (χ2v) is 9.43. The van der Waals surface area contributed by atoms with Gasteiger partial charge in [-0.1, -0.05) is 6.92 Å². The number of nitrogens with zero attached hydrogens (tertiary/aromatic N) is 4. The van der Waals surface area contributed by atoms with Gasteiger partial charge >= 0.3 is 6.18 Å². The summed E-state index contributed by atoms with van der Waals surface area (Å²) in [7, 11) is 3.24. The standard InChI is InChI=1S/C26H30F4N6O2/c1-5-19-23(35-10-8-31-9-11-35)24(38)22-20(13-17(27)25(33-22)34(3)4)36(19)14-21(37)32-18-7-6-16(12-15(18)2)26(28,29)30/h6-7,12-13,31H,5,8-11,14H2,1-4H3,(H,32,37). The molecule has 2 aromatic heterocycles. The summed E-state index contributed by atoms with van der Waals surface area (Å²) in [5.41, 5.74) is 0.522. The molecule has 0 saturated carbocycles. The third kappa shape index (κ3) is 5.31. The van der Waals surface area contributed by atoms with Gasteiger partial charge in [0.1, 0.15) is 17.7 Å². The van der Waals surface area contributed by atoms with E-state index in [9.17, 15) is 22.8 Å². The number of aryl methyl sites for hydroxylation is 1. The lowest BCUT2D eigenvalue weighted by molar-refractivity contribution is -0.137. The molecule has 1 aliphatic rings. The number of carbonyl (C=O) groups is 1. The number of benzene rings is 1. The number of carbonyl (C=O) groups excluding carboxylic acids is 1. The first kappa shape index (κ1) is 27.4. The van der Waals surface area contributed by atoms with Crippen LogP contribution in [0, 0.1) is 12.7 Å². The molecular formula is C26H30F4N6O2. The van der Waals surface area contributed by atoms with Crippen LogP contribution in [0.2, 0.25) is 0 Å². The number of halogens is 4. The van der Waals surface area contributed by atoms with Crippen molar-refractivity contribution >= 4 is 34.1 Å². The van der Waals surface area contributed by atoms with E-state index in [1.807, 2.05) is 11.8 Å². The average Bonchev–Trinajstić information content (AvgIpc) is 2.86. The van der Waals surface area contributed by atoms with Gasteiger partial charge in [-0.3, -0.25) is 9.59 Å². The Morgan fingerprint density at radius 3 is 2.45 bits per heavy atom. The Hall–Kier alpha value is -3.67. The summed E-state index contributed by atoms with van der Waals surface area (Å²) >= 11 is 0. The van der Waals surface area contributed by atoms with E-state index in [0.29, 0.717) is 44.0 Å². The molecule has 12 heteroatoms. The number of nitrogens with one attached hydrogen (secondary N) is 2. The molecule has 204 valence electrons. The average molecular weight is 535 g/mol. The van der Waals surface area contributed by atoms with E-state index in [1.165, 1.54) is 24.0 Å². The number of hydrogen-bond acceptors (Lipinski definition) is 6. The zero-order valence-electron chi connectivity index (χ0n) is 21.7. The minimum atomic E-state index is -4.50. The van der Waals surface area contributed by atoms with Gasteiger partial charge in [-0.2, -0.15) is 13.2 Å². The maximum Gasteiger partial charge on any atom is 0.416 e. The van der Waals surface area contributed by atoms with Crippen LogP contribution in [0.4, 0.5) is 34.8 Å². The van der Waals surface area contributed by atoms with Crippen LogP contribution in [0.15, 0.2) is 29.1 Å². The van der Waals surface area contributed by atoms with Crippen molar-refractivity contribution in [2.45, 2.75) is 33.0 Å². The van der Waals surface area contributed by atoms with Gasteiger partial charge in [0.15, 0.2) is 11.6 Å². The molecule has 0 bridgehead atoms. The molecule has 1 saturated heterocycles. The van der Waals surface area contributed by atoms with Crippen LogP contribution in [0.3, 0.4) is 0 Å². The largest absolute Gasteiger partial charge is 0.416 e. The van der Waals surface area contributed by atoms with Gasteiger partial charge in [-0.25, -0.2) is 9.37 Å². The van der Waals surface area contributed by atoms with E-state index in [2.05, 4.69) is 15.6 Å². The monoisotopic (exact) mass is 534 g/mol. The summed E-state index contributed by atoms with van der Waals surface area (Å²) in [4.78, 5) is 34.7. The van der Waals surface area contributed by atoms with Crippen molar-refractivity contribution in [3.63, 3.8) is 0 Å². The summed E-state index contributed by atoms with van der Waals surface area (Å²) in [5, 5.41) is 5.91. The fourth-order valence-corrected chi connectivity index (χ4v) is 4.74. The van der Waals surface area contributed by atoms with Crippen LogP contribution in [-0.2, 0) is 23.9 Å². The lowest BCUT2D eigenvalue weighted by Gasteiger charge is -2.32. The van der Waals surface area contributed by atoms with Crippen LogP contribution in [0.25, 0.3) is 11.0 Å². The fraction of sp³-hybridized carbons (Fsp3) is 0.423. The molecule has 1 aliphatic heterocycles. The third-order valence-corrected chi connectivity index (χ3v) is 6.58. The maximum atomic E-state index is 15.0. The summed E-state index contributed by atoms with van der Waals surface area (Å²) in [5.74, 6) is -1.18. The van der Waals surface area contributed by atoms with E-state index in [0.717, 1.165) is 12.1 Å². The zero-order chi connectivity index (χ0) is 27.8. The highest BCUT2D eigenvalue weighted by Crippen LogP contribution is 2.32. The lowest BCUT2D eigenvalue weighted by Crippen LogP contribution is -2.46. The van der Waals surface area contributed by atoms with Crippen LogP contribution >= 0.6 is 0 Å². The first-order chi connectivity index (χ1) is 17.9. The van der Waals surface area contributed by atoms with Gasteiger partial charge in [0.05, 0.1) is 11.1 Å². The van der Waals surface area contributed by atoms with Crippen molar-refractivity contribution in [3.05, 3.63) is 57.1 Å². The Labute approximate surface area is 217 Å². The van der Waals surface area contributed by atoms with Crippen molar-refractivity contribution in [2.75, 3.05) is 55.4 Å². The lowest BCUT2D eigenvalue weighted by atomic mass is 10.1. The normalized spacial score (nSPS) is 14.2.